The molecule has 0 spiro atoms. The minimum atomic E-state index is -0.936. The first-order chi connectivity index (χ1) is 7.47. The van der Waals surface area contributed by atoms with Crippen LogP contribution in [-0.4, -0.2) is 47.2 Å². The highest BCUT2D eigenvalue weighted by molar-refractivity contribution is 5.75. The molecule has 0 aromatic carbocycles. The zero-order chi connectivity index (χ0) is 12.3. The molecule has 1 rings (SSSR count). The van der Waals surface area contributed by atoms with Gasteiger partial charge in [-0.3, -0.25) is 14.8 Å². The molecule has 1 unspecified atom stereocenters. The zero-order valence-corrected chi connectivity index (χ0v) is 9.54. The summed E-state index contributed by atoms with van der Waals surface area (Å²) in [5.41, 5.74) is 0. The van der Waals surface area contributed by atoms with Gasteiger partial charge in [0.1, 0.15) is 0 Å². The fraction of sp³-hybridized carbons (Fsp3) is 0.778. The molecule has 0 aliphatic carbocycles. The summed E-state index contributed by atoms with van der Waals surface area (Å²) in [6.45, 7) is 3.62. The summed E-state index contributed by atoms with van der Waals surface area (Å²) in [4.78, 5) is 27.4. The van der Waals surface area contributed by atoms with E-state index in [-0.39, 0.29) is 12.5 Å². The third-order valence-corrected chi connectivity index (χ3v) is 2.21. The molecule has 1 fully saturated rings. The number of nitrogens with zero attached hydrogens (tertiary/aromatic N) is 2. The first-order valence-electron chi connectivity index (χ1n) is 5.01. The van der Waals surface area contributed by atoms with Gasteiger partial charge >= 0.3 is 12.0 Å². The zero-order valence-electron chi connectivity index (χ0n) is 9.54. The molecule has 2 amide bonds. The number of amides is 2. The lowest BCUT2D eigenvalue weighted by molar-refractivity contribution is -0.235. The molecule has 0 bridgehead atoms. The monoisotopic (exact) mass is 232 g/mol. The highest BCUT2D eigenvalue weighted by Gasteiger charge is 2.35. The van der Waals surface area contributed by atoms with Crippen LogP contribution in [0.5, 0.6) is 0 Å². The Balaban J connectivity index is 2.58. The number of urea groups is 1. The number of carbonyl (C=O) groups excluding carboxylic acids is 2. The van der Waals surface area contributed by atoms with Crippen molar-refractivity contribution in [1.29, 1.82) is 0 Å². The van der Waals surface area contributed by atoms with Crippen LogP contribution >= 0.6 is 0 Å². The molecule has 92 valence electrons. The summed E-state index contributed by atoms with van der Waals surface area (Å²) in [6, 6.07) is -0.740. The largest absolute Gasteiger partial charge is 0.439 e. The second kappa shape index (κ2) is 5.13. The Hall–Kier alpha value is -1.34. The lowest BCUT2D eigenvalue weighted by Crippen LogP contribution is -2.53. The quantitative estimate of drug-likeness (QED) is 0.569. The van der Waals surface area contributed by atoms with Crippen LogP contribution in [0.25, 0.3) is 0 Å². The minimum absolute atomic E-state index is 0.266. The molecule has 16 heavy (non-hydrogen) atoms. The fourth-order valence-corrected chi connectivity index (χ4v) is 1.23. The molecule has 1 aliphatic rings. The highest BCUT2D eigenvalue weighted by atomic mass is 16.7. The molecule has 0 aromatic heterocycles. The van der Waals surface area contributed by atoms with E-state index in [0.29, 0.717) is 11.5 Å². The normalized spacial score (nSPS) is 21.6. The Bertz CT molecular complexity index is 281. The van der Waals surface area contributed by atoms with Crippen molar-refractivity contribution in [2.24, 2.45) is 5.92 Å². The van der Waals surface area contributed by atoms with Gasteiger partial charge in [0.25, 0.3) is 0 Å². The molecule has 1 heterocycles. The first kappa shape index (κ1) is 12.7. The van der Waals surface area contributed by atoms with Gasteiger partial charge in [0.2, 0.25) is 6.23 Å². The molecule has 1 aliphatic heterocycles. The van der Waals surface area contributed by atoms with Crippen LogP contribution in [0.3, 0.4) is 0 Å². The van der Waals surface area contributed by atoms with Crippen LogP contribution in [0.15, 0.2) is 0 Å². The summed E-state index contributed by atoms with van der Waals surface area (Å²) in [5.74, 6) is -0.758. The Labute approximate surface area is 93.4 Å². The van der Waals surface area contributed by atoms with Gasteiger partial charge < -0.3 is 4.74 Å². The van der Waals surface area contributed by atoms with E-state index in [1.165, 1.54) is 7.11 Å². The summed E-state index contributed by atoms with van der Waals surface area (Å²) in [6.07, 6.45) is -0.636. The highest BCUT2D eigenvalue weighted by Crippen LogP contribution is 2.16. The van der Waals surface area contributed by atoms with Gasteiger partial charge in [-0.05, 0) is 0 Å². The number of carbonyl (C=O) groups is 2. The van der Waals surface area contributed by atoms with Crippen LogP contribution in [0.2, 0.25) is 0 Å². The standard InChI is InChI=1S/C9H16N2O5/c1-6(2)8(12)16-7-4-5-10(15-3)9(13)11(7)14/h6-7,14H,4-5H2,1-3H3. The van der Waals surface area contributed by atoms with E-state index in [4.69, 9.17) is 9.57 Å². The van der Waals surface area contributed by atoms with Crippen molar-refractivity contribution in [3.8, 4) is 0 Å². The molecule has 0 radical (unpaired) electrons. The van der Waals surface area contributed by atoms with Crippen LogP contribution in [0.1, 0.15) is 20.3 Å². The smallest absolute Gasteiger partial charge is 0.371 e. The minimum Gasteiger partial charge on any atom is -0.439 e. The third-order valence-electron chi connectivity index (χ3n) is 2.21. The number of ether oxygens (including phenoxy) is 1. The van der Waals surface area contributed by atoms with Gasteiger partial charge in [0.15, 0.2) is 0 Å². The maximum Gasteiger partial charge on any atom is 0.371 e. The Morgan fingerprint density at radius 2 is 2.19 bits per heavy atom. The second-order valence-electron chi connectivity index (χ2n) is 3.75. The van der Waals surface area contributed by atoms with Crippen molar-refractivity contribution in [3.05, 3.63) is 0 Å². The average molecular weight is 232 g/mol. The average Bonchev–Trinajstić information content (AvgIpc) is 2.25. The van der Waals surface area contributed by atoms with Crippen molar-refractivity contribution >= 4 is 12.0 Å². The molecule has 0 aromatic rings. The van der Waals surface area contributed by atoms with Gasteiger partial charge in [-0.15, -0.1) is 0 Å². The number of esters is 1. The molecule has 1 N–H and O–H groups in total. The molecule has 1 atom stereocenters. The van der Waals surface area contributed by atoms with Crippen LogP contribution in [0, 0.1) is 5.92 Å². The number of rotatable bonds is 3. The topological polar surface area (TPSA) is 79.3 Å². The predicted octanol–water partition coefficient (Wildman–Crippen LogP) is 0.590. The van der Waals surface area contributed by atoms with Crippen molar-refractivity contribution < 1.29 is 24.4 Å². The van der Waals surface area contributed by atoms with E-state index >= 15 is 0 Å². The molecule has 0 saturated carbocycles. The molecule has 7 heteroatoms. The van der Waals surface area contributed by atoms with Crippen molar-refractivity contribution in [1.82, 2.24) is 10.1 Å². The van der Waals surface area contributed by atoms with E-state index in [2.05, 4.69) is 0 Å². The second-order valence-corrected chi connectivity index (χ2v) is 3.75. The number of hydroxylamine groups is 4. The summed E-state index contributed by atoms with van der Waals surface area (Å²) >= 11 is 0. The summed E-state index contributed by atoms with van der Waals surface area (Å²) < 4.78 is 4.96. The fourth-order valence-electron chi connectivity index (χ4n) is 1.23. The van der Waals surface area contributed by atoms with Crippen LogP contribution in [-0.2, 0) is 14.4 Å². The maximum absolute atomic E-state index is 11.4. The van der Waals surface area contributed by atoms with Crippen molar-refractivity contribution in [3.63, 3.8) is 0 Å². The van der Waals surface area contributed by atoms with E-state index < -0.39 is 18.2 Å². The van der Waals surface area contributed by atoms with Crippen molar-refractivity contribution in [2.45, 2.75) is 26.5 Å². The molecule has 7 nitrogen and oxygen atoms in total. The van der Waals surface area contributed by atoms with Crippen molar-refractivity contribution in [2.75, 3.05) is 13.7 Å². The SMILES string of the molecule is CON1CCC(OC(=O)C(C)C)N(O)C1=O. The van der Waals surface area contributed by atoms with E-state index in [9.17, 15) is 14.8 Å². The van der Waals surface area contributed by atoms with Crippen LogP contribution in [0.4, 0.5) is 4.79 Å². The maximum atomic E-state index is 11.4. The Morgan fingerprint density at radius 1 is 1.56 bits per heavy atom. The van der Waals surface area contributed by atoms with Gasteiger partial charge in [0.05, 0.1) is 19.6 Å². The molecular weight excluding hydrogens is 216 g/mol. The first-order valence-corrected chi connectivity index (χ1v) is 5.01. The van der Waals surface area contributed by atoms with Crippen LogP contribution < -0.4 is 0 Å². The number of hydrogen-bond acceptors (Lipinski definition) is 5. The number of hydrogen-bond donors (Lipinski definition) is 1. The van der Waals surface area contributed by atoms with Gasteiger partial charge in [0, 0.05) is 6.42 Å². The third kappa shape index (κ3) is 2.61. The molecular formula is C9H16N2O5. The Morgan fingerprint density at radius 3 is 2.69 bits per heavy atom. The van der Waals surface area contributed by atoms with Gasteiger partial charge in [-0.1, -0.05) is 13.8 Å². The predicted molar refractivity (Wildman–Crippen MR) is 52.1 cm³/mol. The summed E-state index contributed by atoms with van der Waals surface area (Å²) in [5, 5.41) is 10.8. The Kier molecular flexibility index (Phi) is 4.08. The van der Waals surface area contributed by atoms with E-state index in [1.807, 2.05) is 0 Å². The van der Waals surface area contributed by atoms with E-state index in [1.54, 1.807) is 13.8 Å². The summed E-state index contributed by atoms with van der Waals surface area (Å²) in [7, 11) is 1.33. The van der Waals surface area contributed by atoms with E-state index in [0.717, 1.165) is 5.06 Å². The lowest BCUT2D eigenvalue weighted by Gasteiger charge is -2.35. The molecule has 1 saturated heterocycles. The van der Waals surface area contributed by atoms with Gasteiger partial charge in [-0.25, -0.2) is 9.86 Å². The lowest BCUT2D eigenvalue weighted by atomic mass is 10.2. The van der Waals surface area contributed by atoms with Gasteiger partial charge in [-0.2, -0.15) is 5.06 Å².